The van der Waals surface area contributed by atoms with Crippen LogP contribution in [-0.2, 0) is 6.42 Å². The molecule has 2 heterocycles. The summed E-state index contributed by atoms with van der Waals surface area (Å²) in [5, 5.41) is 0. The molecule has 0 amide bonds. The summed E-state index contributed by atoms with van der Waals surface area (Å²) in [6, 6.07) is 3.84. The van der Waals surface area contributed by atoms with Crippen LogP contribution >= 0.6 is 0 Å². The van der Waals surface area contributed by atoms with Crippen LogP contribution in [0.3, 0.4) is 0 Å². The second-order valence-electron chi connectivity index (χ2n) is 3.00. The van der Waals surface area contributed by atoms with Crippen LogP contribution in [0.1, 0.15) is 21.5 Å². The Morgan fingerprint density at radius 3 is 2.79 bits per heavy atom. The Hall–Kier alpha value is -1.90. The van der Waals surface area contributed by atoms with Crippen molar-refractivity contribution >= 4 is 6.29 Å². The summed E-state index contributed by atoms with van der Waals surface area (Å²) in [4.78, 5) is 14.5. The van der Waals surface area contributed by atoms with Crippen molar-refractivity contribution in [1.82, 2.24) is 4.98 Å². The normalized spacial score (nSPS) is 10.0. The highest BCUT2D eigenvalue weighted by Gasteiger charge is 2.04. The third-order valence-electron chi connectivity index (χ3n) is 2.05. The van der Waals surface area contributed by atoms with Gasteiger partial charge in [-0.1, -0.05) is 0 Å². The Kier molecular flexibility index (Phi) is 2.40. The van der Waals surface area contributed by atoms with Crippen molar-refractivity contribution < 1.29 is 9.21 Å². The molecule has 0 N–H and O–H groups in total. The van der Waals surface area contributed by atoms with Crippen molar-refractivity contribution in [1.29, 1.82) is 0 Å². The van der Waals surface area contributed by atoms with Crippen molar-refractivity contribution in [2.75, 3.05) is 0 Å². The lowest BCUT2D eigenvalue weighted by molar-refractivity contribution is 0.112. The van der Waals surface area contributed by atoms with Crippen LogP contribution in [0.2, 0.25) is 0 Å². The monoisotopic (exact) mass is 187 g/mol. The quantitative estimate of drug-likeness (QED) is 0.691. The van der Waals surface area contributed by atoms with E-state index < -0.39 is 0 Å². The number of hydrogen-bond acceptors (Lipinski definition) is 3. The summed E-state index contributed by atoms with van der Waals surface area (Å²) in [5.74, 6) is 0. The van der Waals surface area contributed by atoms with Gasteiger partial charge >= 0.3 is 0 Å². The molecule has 0 unspecified atom stereocenters. The molecule has 0 aliphatic heterocycles. The molecule has 2 aromatic rings. The minimum absolute atomic E-state index is 0.613. The molecule has 0 atom stereocenters. The first-order chi connectivity index (χ1) is 6.90. The second-order valence-corrected chi connectivity index (χ2v) is 3.00. The zero-order chi connectivity index (χ0) is 9.80. The van der Waals surface area contributed by atoms with E-state index in [1.54, 1.807) is 18.7 Å². The minimum Gasteiger partial charge on any atom is -0.472 e. The standard InChI is InChI=1S/C11H9NO2/c13-6-11-8-14-7-10(11)5-9-1-3-12-4-2-9/h1-4,6-8H,5H2. The van der Waals surface area contributed by atoms with Crippen LogP contribution in [0.5, 0.6) is 0 Å². The van der Waals surface area contributed by atoms with Gasteiger partial charge in [0.05, 0.1) is 11.8 Å². The number of aldehydes is 1. The van der Waals surface area contributed by atoms with Gasteiger partial charge in [0.1, 0.15) is 6.26 Å². The summed E-state index contributed by atoms with van der Waals surface area (Å²) in [7, 11) is 0. The Bertz CT molecular complexity index is 420. The molecule has 0 radical (unpaired) electrons. The van der Waals surface area contributed by atoms with Crippen LogP contribution < -0.4 is 0 Å². The van der Waals surface area contributed by atoms with Crippen LogP contribution in [0.25, 0.3) is 0 Å². The fourth-order valence-electron chi connectivity index (χ4n) is 1.30. The maximum absolute atomic E-state index is 10.6. The summed E-state index contributed by atoms with van der Waals surface area (Å²) >= 11 is 0. The lowest BCUT2D eigenvalue weighted by atomic mass is 10.1. The third-order valence-corrected chi connectivity index (χ3v) is 2.05. The summed E-state index contributed by atoms with van der Waals surface area (Å²) in [6.45, 7) is 0. The van der Waals surface area contributed by atoms with Crippen molar-refractivity contribution in [3.63, 3.8) is 0 Å². The number of hydrogen-bond donors (Lipinski definition) is 0. The van der Waals surface area contributed by atoms with E-state index in [-0.39, 0.29) is 0 Å². The highest BCUT2D eigenvalue weighted by Crippen LogP contribution is 2.13. The first kappa shape index (κ1) is 8.69. The molecule has 3 nitrogen and oxygen atoms in total. The topological polar surface area (TPSA) is 43.1 Å². The minimum atomic E-state index is 0.613. The molecular formula is C11H9NO2. The van der Waals surface area contributed by atoms with Crippen LogP contribution in [0.4, 0.5) is 0 Å². The van der Waals surface area contributed by atoms with Gasteiger partial charge in [0, 0.05) is 24.4 Å². The average molecular weight is 187 g/mol. The molecule has 0 aromatic carbocycles. The van der Waals surface area contributed by atoms with E-state index in [9.17, 15) is 4.79 Å². The van der Waals surface area contributed by atoms with Gasteiger partial charge in [-0.2, -0.15) is 0 Å². The third kappa shape index (κ3) is 1.71. The molecule has 2 aromatic heterocycles. The Balaban J connectivity index is 2.23. The molecule has 0 fully saturated rings. The molecule has 0 spiro atoms. The van der Waals surface area contributed by atoms with Gasteiger partial charge in [0.15, 0.2) is 6.29 Å². The van der Waals surface area contributed by atoms with Gasteiger partial charge in [-0.15, -0.1) is 0 Å². The second kappa shape index (κ2) is 3.87. The summed E-state index contributed by atoms with van der Waals surface area (Å²) < 4.78 is 4.96. The predicted molar refractivity (Wildman–Crippen MR) is 51.1 cm³/mol. The zero-order valence-corrected chi connectivity index (χ0v) is 7.51. The number of carbonyl (C=O) groups excluding carboxylic acids is 1. The maximum atomic E-state index is 10.6. The molecule has 2 rings (SSSR count). The lowest BCUT2D eigenvalue weighted by Gasteiger charge is -1.97. The van der Waals surface area contributed by atoms with E-state index in [4.69, 9.17) is 4.42 Å². The average Bonchev–Trinajstić information content (AvgIpc) is 2.67. The first-order valence-corrected chi connectivity index (χ1v) is 4.29. The van der Waals surface area contributed by atoms with Gasteiger partial charge in [-0.25, -0.2) is 0 Å². The SMILES string of the molecule is O=Cc1cocc1Cc1ccncc1. The molecule has 0 saturated carbocycles. The molecule has 0 bridgehead atoms. The number of carbonyl (C=O) groups is 1. The highest BCUT2D eigenvalue weighted by atomic mass is 16.3. The summed E-state index contributed by atoms with van der Waals surface area (Å²) in [5.41, 5.74) is 2.64. The molecule has 0 saturated heterocycles. The molecule has 3 heteroatoms. The Morgan fingerprint density at radius 1 is 1.29 bits per heavy atom. The fraction of sp³-hybridized carbons (Fsp3) is 0.0909. The zero-order valence-electron chi connectivity index (χ0n) is 7.51. The van der Waals surface area contributed by atoms with Gasteiger partial charge in [-0.3, -0.25) is 9.78 Å². The van der Waals surface area contributed by atoms with Crippen molar-refractivity contribution in [3.8, 4) is 0 Å². The number of nitrogens with zero attached hydrogens (tertiary/aromatic N) is 1. The van der Waals surface area contributed by atoms with Crippen LogP contribution in [0, 0.1) is 0 Å². The molecule has 70 valence electrons. The van der Waals surface area contributed by atoms with E-state index in [0.29, 0.717) is 12.0 Å². The van der Waals surface area contributed by atoms with Crippen LogP contribution in [0.15, 0.2) is 41.5 Å². The lowest BCUT2D eigenvalue weighted by Crippen LogP contribution is -1.90. The van der Waals surface area contributed by atoms with E-state index in [1.807, 2.05) is 12.1 Å². The largest absolute Gasteiger partial charge is 0.472 e. The van der Waals surface area contributed by atoms with E-state index in [0.717, 1.165) is 17.4 Å². The van der Waals surface area contributed by atoms with Crippen molar-refractivity contribution in [2.45, 2.75) is 6.42 Å². The van der Waals surface area contributed by atoms with E-state index in [1.165, 1.54) is 6.26 Å². The highest BCUT2D eigenvalue weighted by molar-refractivity contribution is 5.76. The van der Waals surface area contributed by atoms with Gasteiger partial charge in [-0.05, 0) is 17.7 Å². The van der Waals surface area contributed by atoms with Crippen molar-refractivity contribution in [2.24, 2.45) is 0 Å². The molecular weight excluding hydrogens is 178 g/mol. The molecule has 0 aliphatic rings. The summed E-state index contributed by atoms with van der Waals surface area (Å²) in [6.07, 6.45) is 8.03. The maximum Gasteiger partial charge on any atom is 0.153 e. The van der Waals surface area contributed by atoms with E-state index in [2.05, 4.69) is 4.98 Å². The molecule has 14 heavy (non-hydrogen) atoms. The predicted octanol–water partition coefficient (Wildman–Crippen LogP) is 2.08. The number of rotatable bonds is 3. The first-order valence-electron chi connectivity index (χ1n) is 4.29. The van der Waals surface area contributed by atoms with Gasteiger partial charge < -0.3 is 4.42 Å². The van der Waals surface area contributed by atoms with Crippen molar-refractivity contribution in [3.05, 3.63) is 53.7 Å². The number of furan rings is 1. The molecule has 0 aliphatic carbocycles. The van der Waals surface area contributed by atoms with Gasteiger partial charge in [0.25, 0.3) is 0 Å². The van der Waals surface area contributed by atoms with Crippen LogP contribution in [-0.4, -0.2) is 11.3 Å². The number of aromatic nitrogens is 1. The number of pyridine rings is 1. The van der Waals surface area contributed by atoms with E-state index >= 15 is 0 Å². The Morgan fingerprint density at radius 2 is 2.07 bits per heavy atom. The fourth-order valence-corrected chi connectivity index (χ4v) is 1.30. The smallest absolute Gasteiger partial charge is 0.153 e. The Labute approximate surface area is 81.4 Å². The van der Waals surface area contributed by atoms with Gasteiger partial charge in [0.2, 0.25) is 0 Å².